The predicted octanol–water partition coefficient (Wildman–Crippen LogP) is 0.468. The van der Waals surface area contributed by atoms with Gasteiger partial charge in [0.2, 0.25) is 0 Å². The highest BCUT2D eigenvalue weighted by atomic mass is 16.4. The van der Waals surface area contributed by atoms with Crippen LogP contribution in [0.15, 0.2) is 0 Å². The number of piperidine rings is 1. The number of carboxylic acids is 1. The number of rotatable bonds is 6. The van der Waals surface area contributed by atoms with E-state index in [-0.39, 0.29) is 6.42 Å². The molecule has 2 aliphatic heterocycles. The van der Waals surface area contributed by atoms with Crippen LogP contribution < -0.4 is 5.32 Å². The van der Waals surface area contributed by atoms with Crippen LogP contribution in [0.5, 0.6) is 0 Å². The number of piperazine rings is 1. The molecule has 0 radical (unpaired) electrons. The third-order valence-corrected chi connectivity index (χ3v) is 4.41. The summed E-state index contributed by atoms with van der Waals surface area (Å²) in [6.07, 6.45) is 4.08. The summed E-state index contributed by atoms with van der Waals surface area (Å²) in [7, 11) is 0. The number of nitrogens with zero attached hydrogens (tertiary/aromatic N) is 2. The molecule has 2 heterocycles. The molecule has 2 aliphatic rings. The van der Waals surface area contributed by atoms with E-state index in [1.54, 1.807) is 0 Å². The molecule has 2 N–H and O–H groups in total. The number of carboxylic acid groups (broad SMARTS) is 1. The first kappa shape index (κ1) is 14.8. The second-order valence-corrected chi connectivity index (χ2v) is 5.81. The van der Waals surface area contributed by atoms with Crippen molar-refractivity contribution in [1.82, 2.24) is 15.1 Å². The number of aliphatic carboxylic acids is 1. The first-order chi connectivity index (χ1) is 9.24. The standard InChI is InChI=1S/C14H27N3O2/c18-14(19)4-10-16-7-1-13(2-8-16)3-9-17-11-5-15-6-12-17/h13,15H,1-12H2,(H,18,19). The fourth-order valence-electron chi connectivity index (χ4n) is 3.05. The van der Waals surface area contributed by atoms with Gasteiger partial charge in [-0.1, -0.05) is 0 Å². The Labute approximate surface area is 115 Å². The van der Waals surface area contributed by atoms with Crippen molar-refractivity contribution in [3.63, 3.8) is 0 Å². The van der Waals surface area contributed by atoms with Crippen molar-refractivity contribution in [2.75, 3.05) is 52.4 Å². The number of carbonyl (C=O) groups is 1. The second kappa shape index (κ2) is 7.82. The molecule has 2 fully saturated rings. The molecule has 0 bridgehead atoms. The Bertz CT molecular complexity index is 272. The summed E-state index contributed by atoms with van der Waals surface area (Å²) in [5, 5.41) is 12.1. The molecule has 5 heteroatoms. The molecular formula is C14H27N3O2. The average Bonchev–Trinajstić information content (AvgIpc) is 2.45. The third-order valence-electron chi connectivity index (χ3n) is 4.41. The largest absolute Gasteiger partial charge is 0.481 e. The van der Waals surface area contributed by atoms with E-state index >= 15 is 0 Å². The molecule has 2 saturated heterocycles. The SMILES string of the molecule is O=C(O)CCN1CCC(CCN2CCNCC2)CC1. The van der Waals surface area contributed by atoms with Crippen molar-refractivity contribution in [2.45, 2.75) is 25.7 Å². The van der Waals surface area contributed by atoms with Crippen LogP contribution in [0.25, 0.3) is 0 Å². The van der Waals surface area contributed by atoms with Crippen molar-refractivity contribution >= 4 is 5.97 Å². The lowest BCUT2D eigenvalue weighted by Gasteiger charge is -2.33. The van der Waals surface area contributed by atoms with E-state index in [9.17, 15) is 4.79 Å². The lowest BCUT2D eigenvalue weighted by molar-refractivity contribution is -0.137. The van der Waals surface area contributed by atoms with Gasteiger partial charge in [-0.25, -0.2) is 0 Å². The molecule has 0 aliphatic carbocycles. The van der Waals surface area contributed by atoms with Crippen molar-refractivity contribution in [3.05, 3.63) is 0 Å². The second-order valence-electron chi connectivity index (χ2n) is 5.81. The Kier molecular flexibility index (Phi) is 6.07. The van der Waals surface area contributed by atoms with Gasteiger partial charge in [-0.3, -0.25) is 4.79 Å². The fourth-order valence-corrected chi connectivity index (χ4v) is 3.05. The molecule has 0 atom stereocenters. The highest BCUT2D eigenvalue weighted by molar-refractivity contribution is 5.66. The van der Waals surface area contributed by atoms with Gasteiger partial charge < -0.3 is 20.2 Å². The van der Waals surface area contributed by atoms with Crippen molar-refractivity contribution in [2.24, 2.45) is 5.92 Å². The topological polar surface area (TPSA) is 55.8 Å². The lowest BCUT2D eigenvalue weighted by atomic mass is 9.93. The van der Waals surface area contributed by atoms with E-state index in [2.05, 4.69) is 15.1 Å². The van der Waals surface area contributed by atoms with Crippen LogP contribution in [-0.2, 0) is 4.79 Å². The minimum atomic E-state index is -0.680. The van der Waals surface area contributed by atoms with Crippen LogP contribution in [0.1, 0.15) is 25.7 Å². The van der Waals surface area contributed by atoms with Crippen LogP contribution in [0.3, 0.4) is 0 Å². The number of hydrogen-bond acceptors (Lipinski definition) is 4. The monoisotopic (exact) mass is 269 g/mol. The maximum atomic E-state index is 10.5. The molecule has 2 rings (SSSR count). The van der Waals surface area contributed by atoms with E-state index in [4.69, 9.17) is 5.11 Å². The zero-order valence-electron chi connectivity index (χ0n) is 11.8. The van der Waals surface area contributed by atoms with Crippen LogP contribution in [-0.4, -0.2) is 73.2 Å². The van der Waals surface area contributed by atoms with Gasteiger partial charge in [-0.15, -0.1) is 0 Å². The Balaban J connectivity index is 1.56. The molecule has 19 heavy (non-hydrogen) atoms. The number of likely N-dealkylation sites (tertiary alicyclic amines) is 1. The summed E-state index contributed by atoms with van der Waals surface area (Å²) in [4.78, 5) is 15.4. The molecule has 110 valence electrons. The minimum Gasteiger partial charge on any atom is -0.481 e. The van der Waals surface area contributed by atoms with Crippen LogP contribution >= 0.6 is 0 Å². The van der Waals surface area contributed by atoms with E-state index in [0.717, 1.165) is 38.6 Å². The summed E-state index contributed by atoms with van der Waals surface area (Å²) in [6, 6.07) is 0. The maximum Gasteiger partial charge on any atom is 0.304 e. The van der Waals surface area contributed by atoms with Crippen LogP contribution in [0.2, 0.25) is 0 Å². The highest BCUT2D eigenvalue weighted by Crippen LogP contribution is 2.21. The molecule has 0 unspecified atom stereocenters. The van der Waals surface area contributed by atoms with E-state index < -0.39 is 5.97 Å². The van der Waals surface area contributed by atoms with E-state index in [1.165, 1.54) is 38.9 Å². The van der Waals surface area contributed by atoms with E-state index in [1.807, 2.05) is 0 Å². The Morgan fingerprint density at radius 1 is 1.05 bits per heavy atom. The fraction of sp³-hybridized carbons (Fsp3) is 0.929. The van der Waals surface area contributed by atoms with Gasteiger partial charge in [0.1, 0.15) is 0 Å². The van der Waals surface area contributed by atoms with Gasteiger partial charge in [0.05, 0.1) is 6.42 Å². The van der Waals surface area contributed by atoms with Gasteiger partial charge >= 0.3 is 5.97 Å². The predicted molar refractivity (Wildman–Crippen MR) is 75.3 cm³/mol. The third kappa shape index (κ3) is 5.47. The van der Waals surface area contributed by atoms with Gasteiger partial charge in [0, 0.05) is 32.7 Å². The Hall–Kier alpha value is -0.650. The first-order valence-corrected chi connectivity index (χ1v) is 7.61. The van der Waals surface area contributed by atoms with E-state index in [0.29, 0.717) is 0 Å². The summed E-state index contributed by atoms with van der Waals surface area (Å²) < 4.78 is 0. The van der Waals surface area contributed by atoms with Gasteiger partial charge in [0.15, 0.2) is 0 Å². The summed E-state index contributed by atoms with van der Waals surface area (Å²) in [5.74, 6) is 0.164. The first-order valence-electron chi connectivity index (χ1n) is 7.61. The lowest BCUT2D eigenvalue weighted by Crippen LogP contribution is -2.44. The minimum absolute atomic E-state index is 0.283. The molecular weight excluding hydrogens is 242 g/mol. The Morgan fingerprint density at radius 2 is 1.68 bits per heavy atom. The molecule has 0 saturated carbocycles. The van der Waals surface area contributed by atoms with Crippen molar-refractivity contribution < 1.29 is 9.90 Å². The molecule has 5 nitrogen and oxygen atoms in total. The van der Waals surface area contributed by atoms with Crippen molar-refractivity contribution in [1.29, 1.82) is 0 Å². The zero-order valence-corrected chi connectivity index (χ0v) is 11.8. The molecule has 0 aromatic carbocycles. The maximum absolute atomic E-state index is 10.5. The summed E-state index contributed by atoms with van der Waals surface area (Å²) in [6.45, 7) is 8.77. The number of nitrogens with one attached hydrogen (secondary N) is 1. The van der Waals surface area contributed by atoms with Crippen LogP contribution in [0, 0.1) is 5.92 Å². The normalized spacial score (nSPS) is 23.6. The highest BCUT2D eigenvalue weighted by Gasteiger charge is 2.20. The van der Waals surface area contributed by atoms with Gasteiger partial charge in [0.25, 0.3) is 0 Å². The summed E-state index contributed by atoms with van der Waals surface area (Å²) in [5.41, 5.74) is 0. The average molecular weight is 269 g/mol. The van der Waals surface area contributed by atoms with Crippen molar-refractivity contribution in [3.8, 4) is 0 Å². The molecule has 0 amide bonds. The Morgan fingerprint density at radius 3 is 2.32 bits per heavy atom. The molecule has 0 spiro atoms. The van der Waals surface area contributed by atoms with Crippen LogP contribution in [0.4, 0.5) is 0 Å². The molecule has 0 aromatic heterocycles. The molecule has 0 aromatic rings. The number of hydrogen-bond donors (Lipinski definition) is 2. The quantitative estimate of drug-likeness (QED) is 0.734. The van der Waals surface area contributed by atoms with Gasteiger partial charge in [-0.2, -0.15) is 0 Å². The smallest absolute Gasteiger partial charge is 0.304 e. The summed E-state index contributed by atoms with van der Waals surface area (Å²) >= 11 is 0. The van der Waals surface area contributed by atoms with Gasteiger partial charge in [-0.05, 0) is 44.8 Å². The zero-order chi connectivity index (χ0) is 13.5.